The zero-order valence-electron chi connectivity index (χ0n) is 50.4. The molecule has 4 aliphatic rings. The van der Waals surface area contributed by atoms with Gasteiger partial charge in [-0.15, -0.1) is 11.3 Å². The summed E-state index contributed by atoms with van der Waals surface area (Å²) in [6, 6.07) is 18.2. The quantitative estimate of drug-likeness (QED) is 0.0293. The van der Waals surface area contributed by atoms with Gasteiger partial charge < -0.3 is 51.0 Å². The highest BCUT2D eigenvalue weighted by Gasteiger charge is 2.53. The molecule has 19 nitrogen and oxygen atoms in total. The van der Waals surface area contributed by atoms with Crippen LogP contribution in [0, 0.1) is 12.3 Å². The zero-order valence-corrected chi connectivity index (χ0v) is 51.3. The van der Waals surface area contributed by atoms with Crippen LogP contribution >= 0.6 is 11.3 Å². The third kappa shape index (κ3) is 16.4. The summed E-state index contributed by atoms with van der Waals surface area (Å²) < 4.78 is 56.8. The lowest BCUT2D eigenvalue weighted by atomic mass is 9.85. The van der Waals surface area contributed by atoms with Crippen LogP contribution in [0.1, 0.15) is 117 Å². The number of aliphatic hydroxyl groups excluding tert-OH is 1. The van der Waals surface area contributed by atoms with E-state index >= 15 is 0 Å². The molecular weight excluding hydrogens is 1160 g/mol. The smallest absolute Gasteiger partial charge is 0.391 e. The number of likely N-dealkylation sites (tertiary alicyclic amines) is 1. The number of thiazole rings is 1. The number of H-pyrrole nitrogens is 1. The second-order valence-corrected chi connectivity index (χ2v) is 25.6. The number of alkyl halides is 4. The number of carbonyl (C=O) groups is 6. The molecule has 472 valence electrons. The van der Waals surface area contributed by atoms with Gasteiger partial charge in [0, 0.05) is 97.1 Å². The summed E-state index contributed by atoms with van der Waals surface area (Å²) >= 11 is 1.50. The van der Waals surface area contributed by atoms with Gasteiger partial charge >= 0.3 is 6.18 Å². The van der Waals surface area contributed by atoms with Gasteiger partial charge in [0.1, 0.15) is 12.1 Å². The number of likely N-dealkylation sites (N-methyl/N-ethyl adjacent to an activating group) is 1. The number of aliphatic hydroxyl groups is 1. The van der Waals surface area contributed by atoms with E-state index in [1.165, 1.54) is 16.2 Å². The Kier molecular flexibility index (Phi) is 20.6. The van der Waals surface area contributed by atoms with E-state index in [0.717, 1.165) is 65.0 Å². The summed E-state index contributed by atoms with van der Waals surface area (Å²) in [4.78, 5) is 111. The fourth-order valence-corrected chi connectivity index (χ4v) is 12.4. The molecule has 5 aromatic rings. The maximum absolute atomic E-state index is 14.8. The number of β-amino-alcohol motifs (C(OH)–C–C–N with tert-alkyl or cyclic N) is 1. The zero-order chi connectivity index (χ0) is 63.1. The van der Waals surface area contributed by atoms with Crippen molar-refractivity contribution in [2.75, 3.05) is 82.7 Å². The lowest BCUT2D eigenvalue weighted by molar-refractivity contribution is -0.145. The third-order valence-corrected chi connectivity index (χ3v) is 17.9. The fourth-order valence-electron chi connectivity index (χ4n) is 11.6. The molecule has 5 heterocycles. The number of halogens is 4. The van der Waals surface area contributed by atoms with E-state index in [4.69, 9.17) is 0 Å². The Labute approximate surface area is 513 Å². The summed E-state index contributed by atoms with van der Waals surface area (Å²) in [5.74, 6) is -3.30. The van der Waals surface area contributed by atoms with Crippen LogP contribution in [-0.4, -0.2) is 166 Å². The highest BCUT2D eigenvalue weighted by atomic mass is 32.1. The van der Waals surface area contributed by atoms with Crippen LogP contribution in [0.15, 0.2) is 89.3 Å². The van der Waals surface area contributed by atoms with Gasteiger partial charge in [0.25, 0.3) is 11.8 Å². The number of rotatable bonds is 22. The van der Waals surface area contributed by atoms with Crippen molar-refractivity contribution in [1.29, 1.82) is 0 Å². The Morgan fingerprint density at radius 2 is 1.53 bits per heavy atom. The molecule has 88 heavy (non-hydrogen) atoms. The predicted molar refractivity (Wildman–Crippen MR) is 328 cm³/mol. The number of nitrogens with one attached hydrogen (secondary N) is 5. The number of nitrogens with zero attached hydrogens (tertiary/aromatic N) is 6. The number of amides is 6. The molecule has 3 saturated heterocycles. The Bertz CT molecular complexity index is 3390. The fraction of sp³-hybridized carbons (Fsp3) is 0.500. The molecule has 4 atom stereocenters. The molecule has 0 unspecified atom stereocenters. The molecule has 3 aromatic carbocycles. The van der Waals surface area contributed by atoms with E-state index in [1.54, 1.807) is 32.3 Å². The number of aryl methyl sites for hydroxylation is 1. The van der Waals surface area contributed by atoms with Gasteiger partial charge in [0.05, 0.1) is 57.1 Å². The van der Waals surface area contributed by atoms with Crippen LogP contribution in [0.5, 0.6) is 0 Å². The SMILES string of the molecule is Cc1ncsc1-c1ccc([C@H](CC(=O)NCCCCCCC(=O)N2CCN(Cc3cccc(-c4ccc(N5CCN(C)CC5)c(NC(=O)c5c[nH]c(=O)cc5C(F)(F)F)c4)c3)CC2)NC(=O)[C@@H]2C[C@@H](O)CN2C(=O)[C@@H](NC(=O)C2(F)CC2)C(C)(C)C)cc1. The minimum absolute atomic E-state index is 0.0643. The molecule has 6 N–H and O–H groups in total. The van der Waals surface area contributed by atoms with Gasteiger partial charge in [-0.05, 0) is 91.1 Å². The maximum Gasteiger partial charge on any atom is 0.417 e. The van der Waals surface area contributed by atoms with Gasteiger partial charge in [0.2, 0.25) is 29.2 Å². The van der Waals surface area contributed by atoms with Crippen molar-refractivity contribution in [1.82, 2.24) is 45.5 Å². The molecule has 9 rings (SSSR count). The van der Waals surface area contributed by atoms with E-state index in [9.17, 15) is 56.2 Å². The lowest BCUT2D eigenvalue weighted by Gasteiger charge is -2.36. The van der Waals surface area contributed by atoms with E-state index in [2.05, 4.69) is 45.9 Å². The molecule has 24 heteroatoms. The lowest BCUT2D eigenvalue weighted by Crippen LogP contribution is -2.59. The summed E-state index contributed by atoms with van der Waals surface area (Å²) in [5, 5.41) is 22.1. The molecule has 0 spiro atoms. The molecule has 0 radical (unpaired) electrons. The van der Waals surface area contributed by atoms with Gasteiger partial charge in [-0.1, -0.05) is 82.1 Å². The minimum Gasteiger partial charge on any atom is -0.391 e. The summed E-state index contributed by atoms with van der Waals surface area (Å²) in [7, 11) is 2.01. The van der Waals surface area contributed by atoms with Crippen LogP contribution in [0.25, 0.3) is 21.6 Å². The second-order valence-electron chi connectivity index (χ2n) is 24.8. The summed E-state index contributed by atoms with van der Waals surface area (Å²) in [6.07, 6.45) is -1.95. The normalized spacial score (nSPS) is 18.8. The maximum atomic E-state index is 14.8. The van der Waals surface area contributed by atoms with Crippen molar-refractivity contribution in [2.24, 2.45) is 5.41 Å². The van der Waals surface area contributed by atoms with Crippen molar-refractivity contribution in [2.45, 2.75) is 128 Å². The van der Waals surface area contributed by atoms with Crippen molar-refractivity contribution in [3.8, 4) is 21.6 Å². The number of unbranched alkanes of at least 4 members (excludes halogenated alkanes) is 3. The number of benzene rings is 3. The minimum atomic E-state index is -4.93. The standard InChI is InChI=1S/C64H79F4N11O8S/c1-40-56(88-39-71-40)43-16-14-42(15-17-43)49(72-59(85)52-33-46(80)38-79(52)60(86)57(62(2,3)4)74-61(87)63(65)20-21-63)35-54(82)69-22-9-7-6-8-13-55(83)78-29-25-76(26-30-78)37-41-11-10-12-44(31-41)45-18-19-51(77-27-23-75(5)24-28-77)50(32-45)73-58(84)47-36-70-53(81)34-48(47)64(66,67)68/h10-12,14-19,31-32,34,36,39,46,49,52,57,80H,6-9,13,20-30,33,35,37-38H2,1-5H3,(H,69,82)(H,70,81)(H,72,85)(H,73,84)(H,74,87)/t46-,49+,52+,57-/m1/s1. The molecule has 0 bridgehead atoms. The first-order valence-corrected chi connectivity index (χ1v) is 31.1. The average molecular weight is 1240 g/mol. The Balaban J connectivity index is 0.737. The highest BCUT2D eigenvalue weighted by Crippen LogP contribution is 2.41. The van der Waals surface area contributed by atoms with E-state index in [0.29, 0.717) is 94.6 Å². The summed E-state index contributed by atoms with van der Waals surface area (Å²) in [6.45, 7) is 13.2. The molecule has 1 saturated carbocycles. The number of aromatic amines is 1. The first-order chi connectivity index (χ1) is 41.8. The number of anilines is 2. The second kappa shape index (κ2) is 27.9. The number of carbonyl (C=O) groups excluding carboxylic acids is 6. The van der Waals surface area contributed by atoms with Crippen molar-refractivity contribution >= 4 is 58.2 Å². The topological polar surface area (TPSA) is 233 Å². The number of hydrogen-bond donors (Lipinski definition) is 6. The predicted octanol–water partition coefficient (Wildman–Crippen LogP) is 7.45. The molecular formula is C64H79F4N11O8S. The number of aromatic nitrogens is 2. The monoisotopic (exact) mass is 1240 g/mol. The highest BCUT2D eigenvalue weighted by molar-refractivity contribution is 7.13. The van der Waals surface area contributed by atoms with E-state index in [-0.39, 0.29) is 44.0 Å². The molecule has 3 aliphatic heterocycles. The molecule has 6 amide bonds. The number of pyridine rings is 1. The molecule has 4 fully saturated rings. The largest absolute Gasteiger partial charge is 0.417 e. The van der Waals surface area contributed by atoms with Crippen LogP contribution in [0.4, 0.5) is 28.9 Å². The van der Waals surface area contributed by atoms with E-state index in [1.807, 2.05) is 79.5 Å². The van der Waals surface area contributed by atoms with Crippen molar-refractivity contribution < 1.29 is 51.4 Å². The van der Waals surface area contributed by atoms with Crippen LogP contribution < -0.4 is 31.7 Å². The van der Waals surface area contributed by atoms with Crippen LogP contribution in [0.2, 0.25) is 0 Å². The van der Waals surface area contributed by atoms with Gasteiger partial charge in [-0.2, -0.15) is 13.2 Å². The third-order valence-electron chi connectivity index (χ3n) is 17.0. The van der Waals surface area contributed by atoms with Crippen molar-refractivity contribution in [3.05, 3.63) is 123 Å². The van der Waals surface area contributed by atoms with Crippen molar-refractivity contribution in [3.63, 3.8) is 0 Å². The average Bonchev–Trinajstić information content (AvgIpc) is 1.70. The first-order valence-electron chi connectivity index (χ1n) is 30.2. The van der Waals surface area contributed by atoms with Gasteiger partial charge in [-0.25, -0.2) is 9.37 Å². The van der Waals surface area contributed by atoms with Gasteiger partial charge in [0.15, 0.2) is 5.67 Å². The van der Waals surface area contributed by atoms with E-state index < -0.39 is 81.8 Å². The molecule has 1 aliphatic carbocycles. The van der Waals surface area contributed by atoms with Crippen LogP contribution in [0.3, 0.4) is 0 Å². The van der Waals surface area contributed by atoms with Crippen LogP contribution in [-0.2, 0) is 36.7 Å². The summed E-state index contributed by atoms with van der Waals surface area (Å²) in [5.41, 5.74) is 1.95. The number of piperazine rings is 2. The Morgan fingerprint density at radius 1 is 0.841 bits per heavy atom. The Hall–Kier alpha value is -7.54. The van der Waals surface area contributed by atoms with Gasteiger partial charge in [-0.3, -0.25) is 38.5 Å². The molecule has 2 aromatic heterocycles. The first kappa shape index (κ1) is 64.9. The Morgan fingerprint density at radius 3 is 2.20 bits per heavy atom. The number of hydrogen-bond acceptors (Lipinski definition) is 13.